The summed E-state index contributed by atoms with van der Waals surface area (Å²) in [6, 6.07) is -1.74. The van der Waals surface area contributed by atoms with Crippen LogP contribution in [0.15, 0.2) is 30.5 Å². The minimum absolute atomic E-state index is 0.107. The van der Waals surface area contributed by atoms with Gasteiger partial charge in [-0.1, -0.05) is 6.04 Å². The van der Waals surface area contributed by atoms with Gasteiger partial charge in [0.1, 0.15) is 11.6 Å². The minimum Gasteiger partial charge on any atom is -0.398 e. The van der Waals surface area contributed by atoms with Gasteiger partial charge in [-0.05, 0) is 46.6 Å². The fourth-order valence-corrected chi connectivity index (χ4v) is 1.90. The maximum absolute atomic E-state index is 8.50. The zero-order chi connectivity index (χ0) is 22.1. The lowest BCUT2D eigenvalue weighted by Gasteiger charge is -2.32. The molecule has 21 heavy (non-hydrogen) atoms. The number of pyridine rings is 1. The zero-order valence-electron chi connectivity index (χ0n) is 20.2. The van der Waals surface area contributed by atoms with Crippen molar-refractivity contribution < 1.29 is 20.3 Å². The van der Waals surface area contributed by atoms with Crippen molar-refractivity contribution in [1.29, 1.82) is 0 Å². The van der Waals surface area contributed by atoms with Crippen molar-refractivity contribution in [2.24, 2.45) is 0 Å². The van der Waals surface area contributed by atoms with E-state index in [4.69, 9.17) is 20.3 Å². The molecule has 0 atom stereocenters. The Kier molecular flexibility index (Phi) is 1.68. The lowest BCUT2D eigenvalue weighted by atomic mass is 9.86. The highest BCUT2D eigenvalue weighted by molar-refractivity contribution is 6.61. The summed E-state index contributed by atoms with van der Waals surface area (Å²) >= 11 is 0. The number of aromatic nitrogens is 3. The van der Waals surface area contributed by atoms with E-state index >= 15 is 0 Å². The smallest absolute Gasteiger partial charge is 0.398 e. The van der Waals surface area contributed by atoms with Gasteiger partial charge >= 0.3 is 7.12 Å². The Morgan fingerprint density at radius 3 is 2.62 bits per heavy atom. The topological polar surface area (TPSA) is 49.2 Å². The summed E-state index contributed by atoms with van der Waals surface area (Å²) in [6.07, 6.45) is -1.05. The van der Waals surface area contributed by atoms with Crippen LogP contribution in [0.3, 0.4) is 0 Å². The minimum atomic E-state index is -2.78. The van der Waals surface area contributed by atoms with Crippen molar-refractivity contribution in [1.82, 2.24) is 14.5 Å². The van der Waals surface area contributed by atoms with Crippen LogP contribution in [0.2, 0.25) is 0 Å². The number of hydrogen-bond donors (Lipinski definition) is 0. The molecule has 0 saturated carbocycles. The largest absolute Gasteiger partial charge is 0.516 e. The van der Waals surface area contributed by atoms with E-state index in [1.165, 1.54) is 0 Å². The van der Waals surface area contributed by atoms with Crippen molar-refractivity contribution >= 4 is 12.7 Å². The molecule has 2 aromatic rings. The zero-order valence-corrected chi connectivity index (χ0v) is 12.2. The van der Waals surface area contributed by atoms with Crippen LogP contribution in [0.4, 0.5) is 0 Å². The summed E-state index contributed by atoms with van der Waals surface area (Å²) in [4.78, 5) is 7.84. The summed E-state index contributed by atoms with van der Waals surface area (Å²) in [5.74, 6) is -0.993. The fraction of sp³-hybridized carbons (Fsp3) is 0.467. The Hall–Kier alpha value is -1.66. The van der Waals surface area contributed by atoms with Crippen LogP contribution in [-0.4, -0.2) is 32.9 Å². The lowest BCUT2D eigenvalue weighted by Crippen LogP contribution is -2.41. The highest BCUT2D eigenvalue weighted by Gasteiger charge is 2.52. The van der Waals surface area contributed by atoms with Gasteiger partial charge in [-0.3, -0.25) is 4.57 Å². The second-order valence-corrected chi connectivity index (χ2v) is 5.78. The van der Waals surface area contributed by atoms with Crippen molar-refractivity contribution in [3.8, 4) is 5.82 Å². The van der Waals surface area contributed by atoms with Gasteiger partial charge in [0.15, 0.2) is 0 Å². The molecule has 3 rings (SSSR count). The first-order valence-electron chi connectivity index (χ1n) is 10.5. The monoisotopic (exact) mass is 293 g/mol. The maximum atomic E-state index is 8.50. The van der Waals surface area contributed by atoms with Crippen LogP contribution >= 0.6 is 0 Å². The highest BCUT2D eigenvalue weighted by Crippen LogP contribution is 2.36. The van der Waals surface area contributed by atoms with Crippen LogP contribution in [0, 0.1) is 6.85 Å². The molecule has 6 heteroatoms. The standard InChI is InChI=1S/C15H20BN3O2/c1-11-18-12(10-19(11)13-8-6-7-9-17-13)16-20-14(2,3)15(4,5)21-16/h6-10H,1-5H3/i1D3,6D,7D,8D,9D,10D. The van der Waals surface area contributed by atoms with Gasteiger partial charge < -0.3 is 9.31 Å². The maximum Gasteiger partial charge on any atom is 0.516 e. The summed E-state index contributed by atoms with van der Waals surface area (Å²) < 4.78 is 75.7. The molecule has 110 valence electrons. The number of hydrogen-bond acceptors (Lipinski definition) is 4. The molecule has 1 fully saturated rings. The van der Waals surface area contributed by atoms with Crippen molar-refractivity contribution in [3.05, 3.63) is 36.3 Å². The Morgan fingerprint density at radius 2 is 1.95 bits per heavy atom. The van der Waals surface area contributed by atoms with Gasteiger partial charge in [0, 0.05) is 16.5 Å². The number of nitrogens with zero attached hydrogens (tertiary/aromatic N) is 3. The third-order valence-electron chi connectivity index (χ3n) is 3.81. The van der Waals surface area contributed by atoms with Gasteiger partial charge in [0.05, 0.1) is 23.6 Å². The second-order valence-electron chi connectivity index (χ2n) is 5.78. The van der Waals surface area contributed by atoms with Gasteiger partial charge in [0.25, 0.3) is 0 Å². The van der Waals surface area contributed by atoms with Gasteiger partial charge in [-0.15, -0.1) is 0 Å². The molecule has 1 aliphatic heterocycles. The molecule has 1 aliphatic rings. The summed E-state index contributed by atoms with van der Waals surface area (Å²) in [5.41, 5.74) is -1.60. The molecule has 1 saturated heterocycles. The Labute approximate surface area is 136 Å². The van der Waals surface area contributed by atoms with E-state index in [0.717, 1.165) is 4.57 Å². The molecule has 5 nitrogen and oxygen atoms in total. The fourth-order valence-electron chi connectivity index (χ4n) is 1.90. The molecule has 0 amide bonds. The first-order chi connectivity index (χ1) is 13.1. The number of rotatable bonds is 2. The average Bonchev–Trinajstić information content (AvgIpc) is 3.02. The van der Waals surface area contributed by atoms with E-state index in [0.29, 0.717) is 0 Å². The van der Waals surface area contributed by atoms with Gasteiger partial charge in [0.2, 0.25) is 0 Å². The van der Waals surface area contributed by atoms with Gasteiger partial charge in [-0.2, -0.15) is 0 Å². The van der Waals surface area contributed by atoms with Crippen LogP contribution < -0.4 is 5.59 Å². The molecule has 2 aromatic heterocycles. The molecule has 0 radical (unpaired) electrons. The predicted octanol–water partition coefficient (Wildman–Crippen LogP) is 1.87. The number of aryl methyl sites for hydroxylation is 1. The normalized spacial score (nSPS) is 26.0. The first-order valence-corrected chi connectivity index (χ1v) is 6.48. The lowest BCUT2D eigenvalue weighted by molar-refractivity contribution is 0.00578. The van der Waals surface area contributed by atoms with E-state index in [9.17, 15) is 0 Å². The summed E-state index contributed by atoms with van der Waals surface area (Å²) in [6.45, 7) is 4.41. The second kappa shape index (κ2) is 4.68. The average molecular weight is 293 g/mol. The molecule has 0 bridgehead atoms. The van der Waals surface area contributed by atoms with E-state index in [-0.39, 0.29) is 5.59 Å². The van der Waals surface area contributed by atoms with Crippen molar-refractivity contribution in [2.75, 3.05) is 0 Å². The molecule has 0 unspecified atom stereocenters. The number of imidazole rings is 1. The molecule has 0 N–H and O–H groups in total. The van der Waals surface area contributed by atoms with Crippen molar-refractivity contribution in [3.63, 3.8) is 0 Å². The Bertz CT molecular complexity index is 973. The SMILES string of the molecule is [2H]c1nc(-n2c(C([2H])([2H])[2H])nc(B3OC(C)(C)C(C)(C)O3)c2[2H])c([2H])c([2H])c1[2H]. The molecule has 0 aliphatic carbocycles. The first kappa shape index (κ1) is 7.56. The Balaban J connectivity index is 2.25. The van der Waals surface area contributed by atoms with Gasteiger partial charge in [-0.25, -0.2) is 9.97 Å². The third-order valence-corrected chi connectivity index (χ3v) is 3.81. The quantitative estimate of drug-likeness (QED) is 0.793. The third kappa shape index (κ3) is 2.38. The summed E-state index contributed by atoms with van der Waals surface area (Å²) in [5, 5.41) is 0. The molecular weight excluding hydrogens is 265 g/mol. The van der Waals surface area contributed by atoms with Crippen LogP contribution in [0.5, 0.6) is 0 Å². The van der Waals surface area contributed by atoms with Crippen LogP contribution in [0.1, 0.15) is 44.5 Å². The predicted molar refractivity (Wildman–Crippen MR) is 81.8 cm³/mol. The molecule has 0 spiro atoms. The Morgan fingerprint density at radius 1 is 1.24 bits per heavy atom. The van der Waals surface area contributed by atoms with Crippen molar-refractivity contribution in [2.45, 2.75) is 45.7 Å². The van der Waals surface area contributed by atoms with E-state index < -0.39 is 67.3 Å². The molecular formula is C15H20BN3O2. The van der Waals surface area contributed by atoms with Crippen LogP contribution in [0.25, 0.3) is 5.82 Å². The van der Waals surface area contributed by atoms with E-state index in [1.54, 1.807) is 27.7 Å². The van der Waals surface area contributed by atoms with E-state index in [1.807, 2.05) is 0 Å². The molecule has 0 aromatic carbocycles. The highest BCUT2D eigenvalue weighted by atomic mass is 16.7. The van der Waals surface area contributed by atoms with E-state index in [2.05, 4.69) is 9.97 Å². The van der Waals surface area contributed by atoms with Crippen LogP contribution in [-0.2, 0) is 9.31 Å². The molecule has 3 heterocycles. The summed E-state index contributed by atoms with van der Waals surface area (Å²) in [7, 11) is -1.12.